The number of aromatic nitrogens is 1. The quantitative estimate of drug-likeness (QED) is 0.755. The maximum absolute atomic E-state index is 9.71. The third-order valence-electron chi connectivity index (χ3n) is 1.89. The normalized spacial score (nSPS) is 11.5. The number of aryl methyl sites for hydroxylation is 1. The predicted molar refractivity (Wildman–Crippen MR) is 62.0 cm³/mol. The number of nitrogens with zero attached hydrogens (tertiary/aromatic N) is 1. The van der Waals surface area contributed by atoms with Crippen LogP contribution >= 0.6 is 0 Å². The van der Waals surface area contributed by atoms with Crippen LogP contribution in [-0.2, 0) is 4.65 Å². The average molecular weight is 207 g/mol. The molecule has 0 aromatic carbocycles. The Morgan fingerprint density at radius 2 is 2.07 bits per heavy atom. The molecule has 0 saturated carbocycles. The van der Waals surface area contributed by atoms with E-state index in [1.165, 1.54) is 0 Å². The number of rotatable bonds is 3. The number of pyridine rings is 1. The molecule has 0 radical (unpaired) electrons. The zero-order valence-electron chi connectivity index (χ0n) is 9.82. The fourth-order valence-corrected chi connectivity index (χ4v) is 1.05. The second kappa shape index (κ2) is 4.77. The summed E-state index contributed by atoms with van der Waals surface area (Å²) in [4.78, 5) is 4.10. The summed E-state index contributed by atoms with van der Waals surface area (Å²) in [5.41, 5.74) is 1.69. The van der Waals surface area contributed by atoms with Gasteiger partial charge in [0.15, 0.2) is 0 Å². The molecule has 0 unspecified atom stereocenters. The summed E-state index contributed by atoms with van der Waals surface area (Å²) in [5.74, 6) is 0. The lowest BCUT2D eigenvalue weighted by molar-refractivity contribution is 0.174. The first kappa shape index (κ1) is 12.2. The summed E-state index contributed by atoms with van der Waals surface area (Å²) in [6, 6.07) is 3.69. The van der Waals surface area contributed by atoms with Gasteiger partial charge in [0.1, 0.15) is 0 Å². The summed E-state index contributed by atoms with van der Waals surface area (Å²) in [6.45, 7) is 8.61. The van der Waals surface area contributed by atoms with E-state index in [9.17, 15) is 5.02 Å². The van der Waals surface area contributed by atoms with Crippen LogP contribution in [0.3, 0.4) is 0 Å². The van der Waals surface area contributed by atoms with Gasteiger partial charge >= 0.3 is 7.12 Å². The summed E-state index contributed by atoms with van der Waals surface area (Å²) < 4.78 is 5.35. The Labute approximate surface area is 91.6 Å². The van der Waals surface area contributed by atoms with Crippen LogP contribution in [0.25, 0.3) is 0 Å². The molecule has 1 aromatic rings. The molecule has 15 heavy (non-hydrogen) atoms. The Balaban J connectivity index is 2.54. The van der Waals surface area contributed by atoms with Gasteiger partial charge in [-0.2, -0.15) is 0 Å². The van der Waals surface area contributed by atoms with Gasteiger partial charge in [-0.15, -0.1) is 0 Å². The highest BCUT2D eigenvalue weighted by atomic mass is 16.5. The monoisotopic (exact) mass is 207 g/mol. The van der Waals surface area contributed by atoms with Crippen molar-refractivity contribution in [3.63, 3.8) is 0 Å². The summed E-state index contributed by atoms with van der Waals surface area (Å²) in [5, 5.41) is 9.71. The Kier molecular flexibility index (Phi) is 3.88. The van der Waals surface area contributed by atoms with Crippen molar-refractivity contribution < 1.29 is 9.68 Å². The average Bonchev–Trinajstić information content (AvgIpc) is 2.14. The molecule has 0 aliphatic carbocycles. The molecule has 1 N–H and O–H groups in total. The van der Waals surface area contributed by atoms with E-state index in [-0.39, 0.29) is 5.41 Å². The minimum atomic E-state index is -0.877. The molecule has 4 heteroatoms. The van der Waals surface area contributed by atoms with Crippen LogP contribution in [0.5, 0.6) is 0 Å². The first-order valence-electron chi connectivity index (χ1n) is 5.11. The Hall–Kier alpha value is -0.865. The van der Waals surface area contributed by atoms with Crippen LogP contribution in [0.1, 0.15) is 26.5 Å². The third-order valence-corrected chi connectivity index (χ3v) is 1.89. The van der Waals surface area contributed by atoms with E-state index >= 15 is 0 Å². The van der Waals surface area contributed by atoms with Crippen molar-refractivity contribution in [1.82, 2.24) is 4.98 Å². The number of hydrogen-bond donors (Lipinski definition) is 1. The van der Waals surface area contributed by atoms with Gasteiger partial charge in [0.2, 0.25) is 0 Å². The van der Waals surface area contributed by atoms with Crippen molar-refractivity contribution in [2.75, 3.05) is 6.61 Å². The maximum Gasteiger partial charge on any atom is 0.492 e. The molecule has 0 bridgehead atoms. The van der Waals surface area contributed by atoms with Gasteiger partial charge in [0.05, 0.1) is 0 Å². The lowest BCUT2D eigenvalue weighted by atomic mass is 9.80. The molecular weight excluding hydrogens is 189 g/mol. The Morgan fingerprint density at radius 1 is 1.40 bits per heavy atom. The van der Waals surface area contributed by atoms with Gasteiger partial charge in [-0.05, 0) is 18.4 Å². The molecule has 82 valence electrons. The summed E-state index contributed by atoms with van der Waals surface area (Å²) in [7, 11) is -0.877. The van der Waals surface area contributed by atoms with Crippen LogP contribution < -0.4 is 5.46 Å². The largest absolute Gasteiger partial charge is 0.492 e. The molecule has 0 atom stereocenters. The molecule has 1 rings (SSSR count). The zero-order valence-corrected chi connectivity index (χ0v) is 9.82. The molecular formula is C11H18BNO2. The van der Waals surface area contributed by atoms with Gasteiger partial charge in [-0.3, -0.25) is 4.98 Å². The summed E-state index contributed by atoms with van der Waals surface area (Å²) in [6.07, 6.45) is 1.64. The van der Waals surface area contributed by atoms with Crippen molar-refractivity contribution in [2.45, 2.75) is 27.7 Å². The van der Waals surface area contributed by atoms with Gasteiger partial charge in [0, 0.05) is 24.0 Å². The standard InChI is InChI=1S/C11H18BNO2/c1-9-5-6-10(7-13-9)12(14)15-8-11(2,3)4/h5-7,14H,8H2,1-4H3. The molecule has 0 amide bonds. The third kappa shape index (κ3) is 4.45. The van der Waals surface area contributed by atoms with Crippen LogP contribution in [0, 0.1) is 12.3 Å². The second-order valence-corrected chi connectivity index (χ2v) is 4.96. The van der Waals surface area contributed by atoms with E-state index in [1.54, 1.807) is 6.20 Å². The SMILES string of the molecule is Cc1ccc(B(O)OCC(C)(C)C)cn1. The van der Waals surface area contributed by atoms with Crippen molar-refractivity contribution >= 4 is 12.6 Å². The molecule has 0 saturated heterocycles. The van der Waals surface area contributed by atoms with Crippen LogP contribution in [0.4, 0.5) is 0 Å². The summed E-state index contributed by atoms with van der Waals surface area (Å²) >= 11 is 0. The van der Waals surface area contributed by atoms with Crippen molar-refractivity contribution in [1.29, 1.82) is 0 Å². The molecule has 3 nitrogen and oxygen atoms in total. The van der Waals surface area contributed by atoms with Crippen molar-refractivity contribution in [3.8, 4) is 0 Å². The van der Waals surface area contributed by atoms with Gasteiger partial charge in [-0.25, -0.2) is 0 Å². The topological polar surface area (TPSA) is 42.4 Å². The van der Waals surface area contributed by atoms with Crippen molar-refractivity contribution in [2.24, 2.45) is 5.41 Å². The fraction of sp³-hybridized carbons (Fsp3) is 0.545. The highest BCUT2D eigenvalue weighted by molar-refractivity contribution is 6.59. The Morgan fingerprint density at radius 3 is 2.53 bits per heavy atom. The number of hydrogen-bond acceptors (Lipinski definition) is 3. The predicted octanol–water partition coefficient (Wildman–Crippen LogP) is 1.14. The first-order chi connectivity index (χ1) is 6.88. The smallest absolute Gasteiger partial charge is 0.423 e. The van der Waals surface area contributed by atoms with E-state index in [0.717, 1.165) is 5.69 Å². The maximum atomic E-state index is 9.71. The fourth-order valence-electron chi connectivity index (χ4n) is 1.05. The van der Waals surface area contributed by atoms with E-state index in [4.69, 9.17) is 4.65 Å². The minimum Gasteiger partial charge on any atom is -0.423 e. The van der Waals surface area contributed by atoms with E-state index in [0.29, 0.717) is 12.1 Å². The molecule has 0 spiro atoms. The van der Waals surface area contributed by atoms with Gasteiger partial charge in [-0.1, -0.05) is 26.8 Å². The molecule has 1 aromatic heterocycles. The lowest BCUT2D eigenvalue weighted by Gasteiger charge is -2.19. The minimum absolute atomic E-state index is 0.0547. The van der Waals surface area contributed by atoms with Crippen molar-refractivity contribution in [3.05, 3.63) is 24.0 Å². The van der Waals surface area contributed by atoms with E-state index in [1.807, 2.05) is 19.1 Å². The first-order valence-corrected chi connectivity index (χ1v) is 5.11. The molecule has 1 heterocycles. The highest BCUT2D eigenvalue weighted by Gasteiger charge is 2.20. The van der Waals surface area contributed by atoms with Crippen LogP contribution in [0.15, 0.2) is 18.3 Å². The van der Waals surface area contributed by atoms with Gasteiger partial charge in [0.25, 0.3) is 0 Å². The lowest BCUT2D eigenvalue weighted by Crippen LogP contribution is -2.36. The highest BCUT2D eigenvalue weighted by Crippen LogP contribution is 2.12. The van der Waals surface area contributed by atoms with Gasteiger partial charge < -0.3 is 9.68 Å². The molecule has 0 aliphatic rings. The van der Waals surface area contributed by atoms with Crippen LogP contribution in [0.2, 0.25) is 0 Å². The van der Waals surface area contributed by atoms with Crippen LogP contribution in [-0.4, -0.2) is 23.7 Å². The molecule has 0 fully saturated rings. The Bertz CT molecular complexity index is 305. The zero-order chi connectivity index (χ0) is 11.5. The van der Waals surface area contributed by atoms with E-state index < -0.39 is 7.12 Å². The van der Waals surface area contributed by atoms with E-state index in [2.05, 4.69) is 25.8 Å². The second-order valence-electron chi connectivity index (χ2n) is 4.96. The molecule has 0 aliphatic heterocycles.